The lowest BCUT2D eigenvalue weighted by atomic mass is 9.70. The Balaban J connectivity index is 2.14. The van der Waals surface area contributed by atoms with Crippen molar-refractivity contribution in [1.29, 1.82) is 0 Å². The van der Waals surface area contributed by atoms with Crippen molar-refractivity contribution < 1.29 is 28.6 Å². The molecule has 2 N–H and O–H groups in total. The molecule has 1 atom stereocenters. The lowest BCUT2D eigenvalue weighted by molar-refractivity contribution is -0.150. The lowest BCUT2D eigenvalue weighted by Gasteiger charge is -2.38. The molecule has 0 radical (unpaired) electrons. The van der Waals surface area contributed by atoms with Crippen LogP contribution in [0.1, 0.15) is 69.3 Å². The van der Waals surface area contributed by atoms with E-state index >= 15 is 0 Å². The Morgan fingerprint density at radius 3 is 2.26 bits per heavy atom. The van der Waals surface area contributed by atoms with E-state index in [0.717, 1.165) is 0 Å². The van der Waals surface area contributed by atoms with Crippen molar-refractivity contribution in [2.24, 2.45) is 11.1 Å². The van der Waals surface area contributed by atoms with Crippen LogP contribution in [0.25, 0.3) is 0 Å². The van der Waals surface area contributed by atoms with E-state index < -0.39 is 23.5 Å². The summed E-state index contributed by atoms with van der Waals surface area (Å²) in [4.78, 5) is 38.1. The highest BCUT2D eigenvalue weighted by Gasteiger charge is 2.45. The van der Waals surface area contributed by atoms with Crippen molar-refractivity contribution in [2.45, 2.75) is 59.0 Å². The number of nitrogens with two attached hydrogens (primary N) is 1. The second-order valence-corrected chi connectivity index (χ2v) is 9.71. The molecule has 0 spiro atoms. The molecule has 1 aromatic carbocycles. The third-order valence-electron chi connectivity index (χ3n) is 5.24. The summed E-state index contributed by atoms with van der Waals surface area (Å²) in [6.45, 7) is 9.24. The van der Waals surface area contributed by atoms with Gasteiger partial charge in [-0.25, -0.2) is 9.59 Å². The second kappa shape index (κ2) is 7.87. The number of Topliss-reactive ketones (excluding diaryl/α,β-unsaturated/α-hetero) is 1. The van der Waals surface area contributed by atoms with Crippen LogP contribution >= 0.6 is 0 Å². The molecule has 0 amide bonds. The van der Waals surface area contributed by atoms with Crippen molar-refractivity contribution in [3.8, 4) is 0 Å². The molecule has 2 aliphatic rings. The van der Waals surface area contributed by atoms with Crippen LogP contribution in [0.5, 0.6) is 0 Å². The molecule has 0 saturated carbocycles. The maximum Gasteiger partial charge on any atom is 0.340 e. The predicted octanol–water partition coefficient (Wildman–Crippen LogP) is 3.74. The van der Waals surface area contributed by atoms with Gasteiger partial charge < -0.3 is 19.9 Å². The highest BCUT2D eigenvalue weighted by atomic mass is 16.6. The zero-order chi connectivity index (χ0) is 23.1. The fourth-order valence-electron chi connectivity index (χ4n) is 3.98. The minimum atomic E-state index is -0.753. The molecular weight excluding hydrogens is 398 g/mol. The van der Waals surface area contributed by atoms with Crippen molar-refractivity contribution in [3.63, 3.8) is 0 Å². The molecule has 0 fully saturated rings. The first-order valence-corrected chi connectivity index (χ1v) is 10.2. The first-order chi connectivity index (χ1) is 14.3. The standard InChI is InChI=1S/C24H29NO6/c1-23(2,3)31-22(28)19-17(13-7-9-14(10-8-13)21(27)29-6)18-15(26)11-24(4,5)12-16(18)30-20(19)25/h7-10,17H,11-12,25H2,1-6H3/t17-/m1/s1. The van der Waals surface area contributed by atoms with Gasteiger partial charge in [0.1, 0.15) is 16.9 Å². The summed E-state index contributed by atoms with van der Waals surface area (Å²) < 4.78 is 16.1. The molecule has 3 rings (SSSR count). The van der Waals surface area contributed by atoms with Gasteiger partial charge >= 0.3 is 11.9 Å². The highest BCUT2D eigenvalue weighted by molar-refractivity contribution is 6.03. The maximum absolute atomic E-state index is 13.2. The highest BCUT2D eigenvalue weighted by Crippen LogP contribution is 2.48. The Bertz CT molecular complexity index is 992. The topological polar surface area (TPSA) is 105 Å². The summed E-state index contributed by atoms with van der Waals surface area (Å²) in [6.07, 6.45) is 0.848. The van der Waals surface area contributed by atoms with Crippen LogP contribution in [-0.2, 0) is 23.8 Å². The van der Waals surface area contributed by atoms with E-state index in [0.29, 0.717) is 35.3 Å². The zero-order valence-corrected chi connectivity index (χ0v) is 18.8. The molecule has 1 aliphatic carbocycles. The maximum atomic E-state index is 13.2. The van der Waals surface area contributed by atoms with Crippen molar-refractivity contribution in [3.05, 3.63) is 58.2 Å². The summed E-state index contributed by atoms with van der Waals surface area (Å²) >= 11 is 0. The molecule has 31 heavy (non-hydrogen) atoms. The van der Waals surface area contributed by atoms with Gasteiger partial charge in [-0.15, -0.1) is 0 Å². The molecule has 0 bridgehead atoms. The number of hydrogen-bond acceptors (Lipinski definition) is 7. The molecular formula is C24H29NO6. The van der Waals surface area contributed by atoms with Gasteiger partial charge in [-0.2, -0.15) is 0 Å². The van der Waals surface area contributed by atoms with Gasteiger partial charge in [-0.1, -0.05) is 26.0 Å². The number of carbonyl (C=O) groups is 3. The number of benzene rings is 1. The van der Waals surface area contributed by atoms with Crippen molar-refractivity contribution in [1.82, 2.24) is 0 Å². The Labute approximate surface area is 182 Å². The average molecular weight is 427 g/mol. The predicted molar refractivity (Wildman–Crippen MR) is 114 cm³/mol. The summed E-state index contributed by atoms with van der Waals surface area (Å²) in [5.41, 5.74) is 6.68. The minimum absolute atomic E-state index is 0.0689. The second-order valence-electron chi connectivity index (χ2n) is 9.71. The number of hydrogen-bond donors (Lipinski definition) is 1. The molecule has 1 heterocycles. The summed E-state index contributed by atoms with van der Waals surface area (Å²) in [5, 5.41) is 0. The molecule has 1 aromatic rings. The number of ketones is 1. The normalized spacial score (nSPS) is 20.7. The molecule has 7 heteroatoms. The number of methoxy groups -OCH3 is 1. The smallest absolute Gasteiger partial charge is 0.340 e. The van der Waals surface area contributed by atoms with Gasteiger partial charge in [0, 0.05) is 18.4 Å². The van der Waals surface area contributed by atoms with Crippen molar-refractivity contribution >= 4 is 17.7 Å². The Hall–Kier alpha value is -3.09. The fourth-order valence-corrected chi connectivity index (χ4v) is 3.98. The van der Waals surface area contributed by atoms with Crippen LogP contribution in [-0.4, -0.2) is 30.4 Å². The zero-order valence-electron chi connectivity index (χ0n) is 18.8. The molecule has 166 valence electrons. The van der Waals surface area contributed by atoms with Gasteiger partial charge in [-0.05, 0) is 43.9 Å². The van der Waals surface area contributed by atoms with Gasteiger partial charge in [0.2, 0.25) is 5.88 Å². The minimum Gasteiger partial charge on any atom is -0.465 e. The molecule has 0 unspecified atom stereocenters. The number of esters is 2. The van der Waals surface area contributed by atoms with E-state index in [1.54, 1.807) is 45.0 Å². The van der Waals surface area contributed by atoms with Crippen LogP contribution in [0.15, 0.2) is 47.1 Å². The number of allylic oxidation sites excluding steroid dienone is 2. The van der Waals surface area contributed by atoms with E-state index in [1.165, 1.54) is 7.11 Å². The molecule has 0 aromatic heterocycles. The van der Waals surface area contributed by atoms with E-state index in [4.69, 9.17) is 19.9 Å². The van der Waals surface area contributed by atoms with E-state index in [2.05, 4.69) is 0 Å². The number of carbonyl (C=O) groups excluding carboxylic acids is 3. The fraction of sp³-hybridized carbons (Fsp3) is 0.458. The third kappa shape index (κ3) is 4.65. The molecule has 7 nitrogen and oxygen atoms in total. The van der Waals surface area contributed by atoms with Crippen molar-refractivity contribution in [2.75, 3.05) is 7.11 Å². The molecule has 0 saturated heterocycles. The van der Waals surface area contributed by atoms with Gasteiger partial charge in [0.05, 0.1) is 18.6 Å². The Kier molecular flexibility index (Phi) is 5.74. The summed E-state index contributed by atoms with van der Waals surface area (Å²) in [5.74, 6) is -1.54. The van der Waals surface area contributed by atoms with E-state index in [-0.39, 0.29) is 22.7 Å². The Morgan fingerprint density at radius 2 is 1.71 bits per heavy atom. The van der Waals surface area contributed by atoms with E-state index in [1.807, 2.05) is 13.8 Å². The molecule has 1 aliphatic heterocycles. The average Bonchev–Trinajstić information content (AvgIpc) is 2.63. The number of rotatable bonds is 3. The SMILES string of the molecule is COC(=O)c1ccc([C@H]2C(C(=O)OC(C)(C)C)=C(N)OC3=C2C(=O)CC(C)(C)C3)cc1. The number of ether oxygens (including phenoxy) is 3. The lowest BCUT2D eigenvalue weighted by Crippen LogP contribution is -2.37. The van der Waals surface area contributed by atoms with Crippen LogP contribution in [0.3, 0.4) is 0 Å². The van der Waals surface area contributed by atoms with Gasteiger partial charge in [-0.3, -0.25) is 4.79 Å². The van der Waals surface area contributed by atoms with Crippen LogP contribution in [0.2, 0.25) is 0 Å². The monoisotopic (exact) mass is 427 g/mol. The largest absolute Gasteiger partial charge is 0.465 e. The van der Waals surface area contributed by atoms with Crippen LogP contribution < -0.4 is 5.73 Å². The van der Waals surface area contributed by atoms with Gasteiger partial charge in [0.25, 0.3) is 0 Å². The third-order valence-corrected chi connectivity index (χ3v) is 5.24. The summed E-state index contributed by atoms with van der Waals surface area (Å²) in [7, 11) is 1.30. The summed E-state index contributed by atoms with van der Waals surface area (Å²) in [6, 6.07) is 6.57. The van der Waals surface area contributed by atoms with Gasteiger partial charge in [0.15, 0.2) is 5.78 Å². The quantitative estimate of drug-likeness (QED) is 0.733. The van der Waals surface area contributed by atoms with Crippen LogP contribution in [0, 0.1) is 5.41 Å². The first-order valence-electron chi connectivity index (χ1n) is 10.2. The first kappa shape index (κ1) is 22.6. The van der Waals surface area contributed by atoms with Crippen LogP contribution in [0.4, 0.5) is 0 Å². The Morgan fingerprint density at radius 1 is 1.10 bits per heavy atom. The van der Waals surface area contributed by atoms with E-state index in [9.17, 15) is 14.4 Å².